The minimum Gasteiger partial charge on any atom is -0.461 e. The van der Waals surface area contributed by atoms with Gasteiger partial charge in [-0.3, -0.25) is 0 Å². The molecule has 0 aromatic heterocycles. The normalized spacial score (nSPS) is 30.1. The Bertz CT molecular complexity index is 235. The Morgan fingerprint density at radius 1 is 1.25 bits per heavy atom. The van der Waals surface area contributed by atoms with Gasteiger partial charge >= 0.3 is 5.97 Å². The average molecular weight is 226 g/mol. The lowest BCUT2D eigenvalue weighted by molar-refractivity contribution is -0.156. The number of carbonyl (C=O) groups excluding carboxylic acids is 1. The summed E-state index contributed by atoms with van der Waals surface area (Å²) in [5.74, 6) is 1.22. The van der Waals surface area contributed by atoms with Gasteiger partial charge in [-0.2, -0.15) is 0 Å². The highest BCUT2D eigenvalue weighted by atomic mass is 16.6. The van der Waals surface area contributed by atoms with Crippen LogP contribution < -0.4 is 0 Å². The molecule has 2 aliphatic rings. The van der Waals surface area contributed by atoms with Crippen molar-refractivity contribution in [2.45, 2.75) is 51.6 Å². The summed E-state index contributed by atoms with van der Waals surface area (Å²) in [5.41, 5.74) is 0. The van der Waals surface area contributed by atoms with Crippen LogP contribution in [0.25, 0.3) is 0 Å². The smallest absolute Gasteiger partial charge is 0.332 e. The van der Waals surface area contributed by atoms with Crippen LogP contribution >= 0.6 is 0 Å². The van der Waals surface area contributed by atoms with Gasteiger partial charge in [-0.1, -0.05) is 13.3 Å². The molecular weight excluding hydrogens is 204 g/mol. The van der Waals surface area contributed by atoms with E-state index in [1.165, 1.54) is 25.7 Å². The molecule has 0 aliphatic heterocycles. The molecule has 2 aliphatic carbocycles. The molecule has 0 N–H and O–H groups in total. The first-order chi connectivity index (χ1) is 7.74. The summed E-state index contributed by atoms with van der Waals surface area (Å²) in [7, 11) is 0. The van der Waals surface area contributed by atoms with Gasteiger partial charge in [0.2, 0.25) is 0 Å². The summed E-state index contributed by atoms with van der Waals surface area (Å²) in [6.45, 7) is 3.10. The molecule has 16 heavy (non-hydrogen) atoms. The van der Waals surface area contributed by atoms with Crippen molar-refractivity contribution in [2.75, 3.05) is 13.2 Å². The van der Waals surface area contributed by atoms with Gasteiger partial charge in [0.1, 0.15) is 12.7 Å². The van der Waals surface area contributed by atoms with Crippen LogP contribution in [-0.4, -0.2) is 25.3 Å². The molecule has 3 nitrogen and oxygen atoms in total. The molecule has 0 saturated heterocycles. The first-order valence-electron chi connectivity index (χ1n) is 6.51. The Labute approximate surface area is 97.5 Å². The number of hydrogen-bond acceptors (Lipinski definition) is 3. The van der Waals surface area contributed by atoms with Gasteiger partial charge in [0.15, 0.2) is 0 Å². The maximum absolute atomic E-state index is 11.5. The number of rotatable bonds is 5. The lowest BCUT2D eigenvalue weighted by Gasteiger charge is -2.26. The van der Waals surface area contributed by atoms with Crippen LogP contribution in [0.3, 0.4) is 0 Å². The molecule has 0 heterocycles. The highest BCUT2D eigenvalue weighted by Crippen LogP contribution is 2.29. The summed E-state index contributed by atoms with van der Waals surface area (Å²) in [5, 5.41) is 0. The first kappa shape index (κ1) is 11.9. The van der Waals surface area contributed by atoms with Crippen molar-refractivity contribution in [2.24, 2.45) is 11.8 Å². The molecule has 0 bridgehead atoms. The second-order valence-corrected chi connectivity index (χ2v) is 5.34. The topological polar surface area (TPSA) is 35.5 Å². The number of ether oxygens (including phenoxy) is 2. The highest BCUT2D eigenvalue weighted by molar-refractivity contribution is 5.70. The third-order valence-corrected chi connectivity index (χ3v) is 3.46. The Hall–Kier alpha value is -0.570. The first-order valence-corrected chi connectivity index (χ1v) is 6.51. The van der Waals surface area contributed by atoms with E-state index in [1.807, 2.05) is 0 Å². The molecular formula is C13H22O3. The minimum absolute atomic E-state index is 0.140. The zero-order valence-electron chi connectivity index (χ0n) is 10.1. The van der Waals surface area contributed by atoms with E-state index in [4.69, 9.17) is 9.47 Å². The van der Waals surface area contributed by atoms with Crippen molar-refractivity contribution in [1.82, 2.24) is 0 Å². The van der Waals surface area contributed by atoms with Crippen LogP contribution in [0.5, 0.6) is 0 Å². The van der Waals surface area contributed by atoms with E-state index >= 15 is 0 Å². The van der Waals surface area contributed by atoms with E-state index in [0.29, 0.717) is 11.8 Å². The second-order valence-electron chi connectivity index (χ2n) is 5.34. The molecule has 0 amide bonds. The van der Waals surface area contributed by atoms with Crippen molar-refractivity contribution >= 4 is 5.97 Å². The number of esters is 1. The zero-order valence-corrected chi connectivity index (χ0v) is 10.1. The fourth-order valence-electron chi connectivity index (χ4n) is 2.30. The summed E-state index contributed by atoms with van der Waals surface area (Å²) in [6, 6.07) is 0. The molecule has 2 atom stereocenters. The van der Waals surface area contributed by atoms with Crippen molar-refractivity contribution in [3.8, 4) is 0 Å². The van der Waals surface area contributed by atoms with E-state index in [1.54, 1.807) is 0 Å². The van der Waals surface area contributed by atoms with Gasteiger partial charge in [-0.25, -0.2) is 4.79 Å². The maximum atomic E-state index is 11.5. The van der Waals surface area contributed by atoms with Crippen LogP contribution in [0.2, 0.25) is 0 Å². The maximum Gasteiger partial charge on any atom is 0.332 e. The van der Waals surface area contributed by atoms with E-state index in [2.05, 4.69) is 6.92 Å². The Morgan fingerprint density at radius 2 is 2.06 bits per heavy atom. The third kappa shape index (κ3) is 4.12. The molecule has 0 aromatic carbocycles. The van der Waals surface area contributed by atoms with E-state index in [0.717, 1.165) is 19.4 Å². The van der Waals surface area contributed by atoms with Gasteiger partial charge in [0.05, 0.1) is 6.61 Å². The van der Waals surface area contributed by atoms with Crippen molar-refractivity contribution < 1.29 is 14.3 Å². The number of carbonyl (C=O) groups is 1. The SMILES string of the molecule is CC1CCCC(OC(=O)COCC2CC2)C1. The molecule has 2 saturated carbocycles. The van der Waals surface area contributed by atoms with Crippen molar-refractivity contribution in [1.29, 1.82) is 0 Å². The average Bonchev–Trinajstić information content (AvgIpc) is 3.01. The Kier molecular flexibility index (Phi) is 4.22. The molecule has 3 heteroatoms. The van der Waals surface area contributed by atoms with Gasteiger partial charge in [-0.15, -0.1) is 0 Å². The largest absolute Gasteiger partial charge is 0.461 e. The van der Waals surface area contributed by atoms with Gasteiger partial charge in [-0.05, 0) is 43.9 Å². The molecule has 0 radical (unpaired) electrons. The van der Waals surface area contributed by atoms with Crippen LogP contribution in [-0.2, 0) is 14.3 Å². The Morgan fingerprint density at radius 3 is 2.75 bits per heavy atom. The minimum atomic E-state index is -0.181. The van der Waals surface area contributed by atoms with Gasteiger partial charge in [0.25, 0.3) is 0 Å². The molecule has 0 aromatic rings. The number of hydrogen-bond donors (Lipinski definition) is 0. The molecule has 2 rings (SSSR count). The van der Waals surface area contributed by atoms with E-state index in [9.17, 15) is 4.79 Å². The quantitative estimate of drug-likeness (QED) is 0.676. The van der Waals surface area contributed by atoms with Crippen LogP contribution in [0.1, 0.15) is 45.4 Å². The van der Waals surface area contributed by atoms with Crippen LogP contribution in [0.4, 0.5) is 0 Å². The van der Waals surface area contributed by atoms with E-state index in [-0.39, 0.29) is 18.7 Å². The molecule has 92 valence electrons. The Balaban J connectivity index is 1.57. The van der Waals surface area contributed by atoms with Crippen LogP contribution in [0.15, 0.2) is 0 Å². The van der Waals surface area contributed by atoms with Gasteiger partial charge < -0.3 is 9.47 Å². The molecule has 2 unspecified atom stereocenters. The third-order valence-electron chi connectivity index (χ3n) is 3.46. The predicted octanol–water partition coefficient (Wildman–Crippen LogP) is 2.53. The highest BCUT2D eigenvalue weighted by Gasteiger charge is 2.24. The molecule has 0 spiro atoms. The van der Waals surface area contributed by atoms with Crippen LogP contribution in [0, 0.1) is 11.8 Å². The second kappa shape index (κ2) is 5.67. The monoisotopic (exact) mass is 226 g/mol. The lowest BCUT2D eigenvalue weighted by atomic mass is 9.89. The zero-order chi connectivity index (χ0) is 11.4. The standard InChI is InChI=1S/C13H22O3/c1-10-3-2-4-12(7-10)16-13(14)9-15-8-11-5-6-11/h10-12H,2-9H2,1H3. The summed E-state index contributed by atoms with van der Waals surface area (Å²) >= 11 is 0. The summed E-state index contributed by atoms with van der Waals surface area (Å²) in [6.07, 6.45) is 7.16. The van der Waals surface area contributed by atoms with E-state index < -0.39 is 0 Å². The predicted molar refractivity (Wildman–Crippen MR) is 61.1 cm³/mol. The van der Waals surface area contributed by atoms with Gasteiger partial charge in [0, 0.05) is 0 Å². The van der Waals surface area contributed by atoms with Crippen molar-refractivity contribution in [3.05, 3.63) is 0 Å². The van der Waals surface area contributed by atoms with Crippen molar-refractivity contribution in [3.63, 3.8) is 0 Å². The summed E-state index contributed by atoms with van der Waals surface area (Å²) < 4.78 is 10.7. The molecule has 2 fully saturated rings. The fourth-order valence-corrected chi connectivity index (χ4v) is 2.30. The lowest BCUT2D eigenvalue weighted by Crippen LogP contribution is -2.26. The summed E-state index contributed by atoms with van der Waals surface area (Å²) in [4.78, 5) is 11.5. The fraction of sp³-hybridized carbons (Fsp3) is 0.923.